The minimum absolute atomic E-state index is 0.112. The number of rotatable bonds is 8. The van der Waals surface area contributed by atoms with Crippen LogP contribution in [0.25, 0.3) is 0 Å². The first-order valence-electron chi connectivity index (χ1n) is 10.0. The van der Waals surface area contributed by atoms with E-state index in [1.807, 2.05) is 0 Å². The van der Waals surface area contributed by atoms with Gasteiger partial charge in [0.05, 0.1) is 25.7 Å². The first-order chi connectivity index (χ1) is 14.6. The van der Waals surface area contributed by atoms with Gasteiger partial charge in [0.25, 0.3) is 5.91 Å². The first kappa shape index (κ1) is 24.6. The largest absolute Gasteiger partial charge is 0.466 e. The Labute approximate surface area is 179 Å². The van der Waals surface area contributed by atoms with Gasteiger partial charge in [0.1, 0.15) is 6.61 Å². The van der Waals surface area contributed by atoms with E-state index < -0.39 is 12.8 Å². The van der Waals surface area contributed by atoms with Crippen LogP contribution in [0, 0.1) is 5.92 Å². The normalized spacial score (nSPS) is 14.9. The van der Waals surface area contributed by atoms with Gasteiger partial charge >= 0.3 is 12.1 Å². The van der Waals surface area contributed by atoms with Gasteiger partial charge in [0.2, 0.25) is 5.91 Å². The lowest BCUT2D eigenvalue weighted by molar-refractivity contribution is -0.176. The van der Waals surface area contributed by atoms with E-state index >= 15 is 0 Å². The molecule has 0 unspecified atom stereocenters. The number of ether oxygens (including phenoxy) is 2. The molecule has 0 atom stereocenters. The zero-order valence-corrected chi connectivity index (χ0v) is 17.6. The van der Waals surface area contributed by atoms with E-state index in [1.165, 1.54) is 36.2 Å². The number of nitrogens with zero attached hydrogens (tertiary/aromatic N) is 2. The van der Waals surface area contributed by atoms with Gasteiger partial charge in [-0.1, -0.05) is 12.1 Å². The van der Waals surface area contributed by atoms with Gasteiger partial charge in [-0.15, -0.1) is 0 Å². The predicted octanol–water partition coefficient (Wildman–Crippen LogP) is 2.64. The fourth-order valence-corrected chi connectivity index (χ4v) is 3.25. The van der Waals surface area contributed by atoms with Gasteiger partial charge in [-0.3, -0.25) is 14.4 Å². The van der Waals surface area contributed by atoms with Crippen molar-refractivity contribution in [2.75, 3.05) is 39.9 Å². The molecule has 0 aliphatic carbocycles. The molecular weight excluding hydrogens is 417 g/mol. The molecule has 1 aromatic rings. The van der Waals surface area contributed by atoms with E-state index in [-0.39, 0.29) is 36.9 Å². The van der Waals surface area contributed by atoms with Crippen molar-refractivity contribution in [3.05, 3.63) is 35.4 Å². The first-order valence-corrected chi connectivity index (χ1v) is 10.0. The Kier molecular flexibility index (Phi) is 8.85. The number of likely N-dealkylation sites (tertiary alicyclic amines) is 1. The number of carbonyl (C=O) groups is 3. The molecule has 2 amide bonds. The molecule has 1 aliphatic heterocycles. The van der Waals surface area contributed by atoms with Crippen LogP contribution in [-0.4, -0.2) is 73.7 Å². The van der Waals surface area contributed by atoms with E-state index in [0.29, 0.717) is 43.7 Å². The fraction of sp³-hybridized carbons (Fsp3) is 0.571. The van der Waals surface area contributed by atoms with Gasteiger partial charge in [0.15, 0.2) is 0 Å². The van der Waals surface area contributed by atoms with Crippen LogP contribution < -0.4 is 0 Å². The van der Waals surface area contributed by atoms with E-state index in [4.69, 9.17) is 4.74 Å². The molecule has 1 saturated heterocycles. The summed E-state index contributed by atoms with van der Waals surface area (Å²) in [4.78, 5) is 39.8. The number of piperidine rings is 1. The molecule has 1 heterocycles. The van der Waals surface area contributed by atoms with E-state index in [2.05, 4.69) is 4.74 Å². The number of carbonyl (C=O) groups excluding carboxylic acids is 3. The second-order valence-electron chi connectivity index (χ2n) is 7.37. The van der Waals surface area contributed by atoms with Gasteiger partial charge < -0.3 is 19.3 Å². The number of esters is 1. The Morgan fingerprint density at radius 2 is 1.74 bits per heavy atom. The standard InChI is InChI=1S/C21H27F3N2O5/c1-3-31-20(29)17-8-10-26(11-9-17)18(27)12-25(2)19(28)16-6-4-15(5-7-16)13-30-14-21(22,23)24/h4-7,17H,3,8-14H2,1-2H3. The topological polar surface area (TPSA) is 76.2 Å². The van der Waals surface area contributed by atoms with Crippen LogP contribution in [0.5, 0.6) is 0 Å². The molecule has 1 fully saturated rings. The molecule has 0 saturated carbocycles. The van der Waals surface area contributed by atoms with Gasteiger partial charge in [0, 0.05) is 25.7 Å². The van der Waals surface area contributed by atoms with E-state index in [0.717, 1.165) is 0 Å². The molecule has 172 valence electrons. The van der Waals surface area contributed by atoms with Crippen LogP contribution in [0.3, 0.4) is 0 Å². The Bertz CT molecular complexity index is 759. The van der Waals surface area contributed by atoms with E-state index in [1.54, 1.807) is 11.8 Å². The molecule has 0 aromatic heterocycles. The van der Waals surface area contributed by atoms with Crippen molar-refractivity contribution < 1.29 is 37.0 Å². The Morgan fingerprint density at radius 3 is 2.29 bits per heavy atom. The minimum atomic E-state index is -4.39. The number of benzene rings is 1. The highest BCUT2D eigenvalue weighted by Gasteiger charge is 2.29. The summed E-state index contributed by atoms with van der Waals surface area (Å²) in [5.41, 5.74) is 0.819. The SMILES string of the molecule is CCOC(=O)C1CCN(C(=O)CN(C)C(=O)c2ccc(COCC(F)(F)F)cc2)CC1. The number of likely N-dealkylation sites (N-methyl/N-ethyl adjacent to an activating group) is 1. The van der Waals surface area contributed by atoms with Crippen molar-refractivity contribution in [3.63, 3.8) is 0 Å². The summed E-state index contributed by atoms with van der Waals surface area (Å²) in [6, 6.07) is 6.00. The third-order valence-electron chi connectivity index (χ3n) is 4.92. The maximum absolute atomic E-state index is 12.5. The van der Waals surface area contributed by atoms with Crippen molar-refractivity contribution >= 4 is 17.8 Å². The van der Waals surface area contributed by atoms with Crippen molar-refractivity contribution in [2.24, 2.45) is 5.92 Å². The van der Waals surface area contributed by atoms with Crippen LogP contribution in [0.1, 0.15) is 35.7 Å². The number of amides is 2. The Hall–Kier alpha value is -2.62. The Balaban J connectivity index is 1.81. The van der Waals surface area contributed by atoms with E-state index in [9.17, 15) is 27.6 Å². The maximum Gasteiger partial charge on any atom is 0.411 e. The van der Waals surface area contributed by atoms with Gasteiger partial charge in [-0.2, -0.15) is 13.2 Å². The van der Waals surface area contributed by atoms with Crippen molar-refractivity contribution in [1.29, 1.82) is 0 Å². The van der Waals surface area contributed by atoms with Gasteiger partial charge in [-0.25, -0.2) is 0 Å². The third-order valence-corrected chi connectivity index (χ3v) is 4.92. The highest BCUT2D eigenvalue weighted by Crippen LogP contribution is 2.19. The minimum Gasteiger partial charge on any atom is -0.466 e. The lowest BCUT2D eigenvalue weighted by atomic mass is 9.97. The molecule has 10 heteroatoms. The number of alkyl halides is 3. The molecular formula is C21H27F3N2O5. The zero-order chi connectivity index (χ0) is 23.0. The molecule has 0 radical (unpaired) electrons. The molecule has 1 aromatic carbocycles. The fourth-order valence-electron chi connectivity index (χ4n) is 3.25. The quantitative estimate of drug-likeness (QED) is 0.577. The average molecular weight is 444 g/mol. The summed E-state index contributed by atoms with van der Waals surface area (Å²) in [6.07, 6.45) is -3.33. The summed E-state index contributed by atoms with van der Waals surface area (Å²) in [7, 11) is 1.51. The van der Waals surface area contributed by atoms with Crippen LogP contribution in [-0.2, 0) is 25.7 Å². The maximum atomic E-state index is 12.5. The highest BCUT2D eigenvalue weighted by atomic mass is 19.4. The molecule has 2 rings (SSSR count). The number of hydrogen-bond acceptors (Lipinski definition) is 5. The second-order valence-corrected chi connectivity index (χ2v) is 7.37. The zero-order valence-electron chi connectivity index (χ0n) is 17.6. The summed E-state index contributed by atoms with van der Waals surface area (Å²) in [5.74, 6) is -1.04. The lowest BCUT2D eigenvalue weighted by Gasteiger charge is -2.32. The Morgan fingerprint density at radius 1 is 1.13 bits per heavy atom. The van der Waals surface area contributed by atoms with Crippen LogP contribution >= 0.6 is 0 Å². The van der Waals surface area contributed by atoms with Crippen LogP contribution in [0.4, 0.5) is 13.2 Å². The summed E-state index contributed by atoms with van der Waals surface area (Å²) in [5, 5.41) is 0. The molecule has 0 bridgehead atoms. The van der Waals surface area contributed by atoms with Crippen molar-refractivity contribution in [2.45, 2.75) is 32.5 Å². The van der Waals surface area contributed by atoms with Crippen molar-refractivity contribution in [3.8, 4) is 0 Å². The molecule has 1 aliphatic rings. The van der Waals surface area contributed by atoms with Crippen LogP contribution in [0.2, 0.25) is 0 Å². The monoisotopic (exact) mass is 444 g/mol. The molecule has 31 heavy (non-hydrogen) atoms. The predicted molar refractivity (Wildman–Crippen MR) is 105 cm³/mol. The number of halogens is 3. The summed E-state index contributed by atoms with van der Waals surface area (Å²) < 4.78 is 45.9. The van der Waals surface area contributed by atoms with Crippen molar-refractivity contribution in [1.82, 2.24) is 9.80 Å². The average Bonchev–Trinajstić information content (AvgIpc) is 2.73. The molecule has 0 N–H and O–H groups in total. The summed E-state index contributed by atoms with van der Waals surface area (Å²) >= 11 is 0. The molecule has 7 nitrogen and oxygen atoms in total. The second kappa shape index (κ2) is 11.1. The van der Waals surface area contributed by atoms with Crippen LogP contribution in [0.15, 0.2) is 24.3 Å². The third kappa shape index (κ3) is 7.86. The van der Waals surface area contributed by atoms with Gasteiger partial charge in [-0.05, 0) is 37.5 Å². The number of hydrogen-bond donors (Lipinski definition) is 0. The molecule has 0 spiro atoms. The lowest BCUT2D eigenvalue weighted by Crippen LogP contribution is -2.45. The summed E-state index contributed by atoms with van der Waals surface area (Å²) in [6.45, 7) is 1.26. The smallest absolute Gasteiger partial charge is 0.411 e. The highest BCUT2D eigenvalue weighted by molar-refractivity contribution is 5.96.